The fourth-order valence-electron chi connectivity index (χ4n) is 2.99. The molecule has 0 aromatic heterocycles. The smallest absolute Gasteiger partial charge is 0.123 e. The second-order valence-corrected chi connectivity index (χ2v) is 6.40. The van der Waals surface area contributed by atoms with Crippen molar-refractivity contribution in [2.75, 3.05) is 39.8 Å². The lowest BCUT2D eigenvalue weighted by molar-refractivity contribution is 0.142. The van der Waals surface area contributed by atoms with Gasteiger partial charge < -0.3 is 10.2 Å². The third kappa shape index (κ3) is 5.73. The molecule has 1 aromatic rings. The second kappa shape index (κ2) is 7.87. The molecule has 4 heteroatoms. The first-order valence-corrected chi connectivity index (χ1v) is 7.94. The van der Waals surface area contributed by atoms with Crippen LogP contribution in [-0.4, -0.2) is 61.7 Å². The minimum absolute atomic E-state index is 0.164. The lowest BCUT2D eigenvalue weighted by Crippen LogP contribution is -2.50. The van der Waals surface area contributed by atoms with Crippen molar-refractivity contribution < 1.29 is 4.39 Å². The van der Waals surface area contributed by atoms with Gasteiger partial charge in [0.05, 0.1) is 0 Å². The molecule has 0 saturated carbocycles. The second-order valence-electron chi connectivity index (χ2n) is 6.40. The number of hydrogen-bond donors (Lipinski definition) is 1. The molecule has 0 amide bonds. The highest BCUT2D eigenvalue weighted by Gasteiger charge is 2.17. The number of piperazine rings is 1. The summed E-state index contributed by atoms with van der Waals surface area (Å²) in [6, 6.07) is 7.70. The van der Waals surface area contributed by atoms with Gasteiger partial charge in [0.1, 0.15) is 5.82 Å². The minimum atomic E-state index is -0.164. The molecule has 3 nitrogen and oxygen atoms in total. The Hall–Kier alpha value is -0.970. The maximum absolute atomic E-state index is 12.9. The Morgan fingerprint density at radius 3 is 2.29 bits per heavy atom. The zero-order valence-electron chi connectivity index (χ0n) is 13.5. The van der Waals surface area contributed by atoms with Crippen molar-refractivity contribution in [1.29, 1.82) is 0 Å². The van der Waals surface area contributed by atoms with Crippen molar-refractivity contribution >= 4 is 0 Å². The van der Waals surface area contributed by atoms with Crippen LogP contribution in [-0.2, 0) is 6.42 Å². The van der Waals surface area contributed by atoms with Crippen LogP contribution >= 0.6 is 0 Å². The largest absolute Gasteiger partial charge is 0.310 e. The van der Waals surface area contributed by atoms with E-state index in [1.54, 1.807) is 0 Å². The first-order valence-electron chi connectivity index (χ1n) is 7.94. The monoisotopic (exact) mass is 293 g/mol. The maximum atomic E-state index is 12.9. The molecular weight excluding hydrogens is 265 g/mol. The van der Waals surface area contributed by atoms with Gasteiger partial charge in [-0.05, 0) is 45.0 Å². The third-order valence-electron chi connectivity index (χ3n) is 4.15. The molecule has 2 unspecified atom stereocenters. The van der Waals surface area contributed by atoms with E-state index in [9.17, 15) is 4.39 Å². The molecule has 1 fully saturated rings. The number of rotatable bonds is 6. The van der Waals surface area contributed by atoms with Crippen molar-refractivity contribution in [1.82, 2.24) is 15.1 Å². The summed E-state index contributed by atoms with van der Waals surface area (Å²) in [5, 5.41) is 3.65. The van der Waals surface area contributed by atoms with Gasteiger partial charge in [0, 0.05) is 44.8 Å². The number of halogens is 1. The van der Waals surface area contributed by atoms with E-state index in [1.807, 2.05) is 12.1 Å². The van der Waals surface area contributed by atoms with Gasteiger partial charge in [-0.1, -0.05) is 12.1 Å². The maximum Gasteiger partial charge on any atom is 0.123 e. The third-order valence-corrected chi connectivity index (χ3v) is 4.15. The van der Waals surface area contributed by atoms with Gasteiger partial charge in [-0.3, -0.25) is 4.90 Å². The number of nitrogens with zero attached hydrogens (tertiary/aromatic N) is 2. The standard InChI is InChI=1S/C17H28FN3/c1-14(12-16-4-6-17(18)7-5-16)19-15(2)13-21-10-8-20(3)9-11-21/h4-7,14-15,19H,8-13H2,1-3H3. The molecule has 2 atom stereocenters. The SMILES string of the molecule is CC(Cc1ccc(F)cc1)NC(C)CN1CCN(C)CC1. The highest BCUT2D eigenvalue weighted by atomic mass is 19.1. The number of benzene rings is 1. The first kappa shape index (κ1) is 16.4. The molecule has 2 rings (SSSR count). The summed E-state index contributed by atoms with van der Waals surface area (Å²) in [4.78, 5) is 4.91. The van der Waals surface area contributed by atoms with E-state index in [-0.39, 0.29) is 5.82 Å². The number of nitrogens with one attached hydrogen (secondary N) is 1. The van der Waals surface area contributed by atoms with E-state index in [1.165, 1.54) is 17.7 Å². The van der Waals surface area contributed by atoms with Crippen LogP contribution in [0.5, 0.6) is 0 Å². The van der Waals surface area contributed by atoms with Crippen molar-refractivity contribution in [3.8, 4) is 0 Å². The van der Waals surface area contributed by atoms with Crippen LogP contribution in [0.4, 0.5) is 4.39 Å². The topological polar surface area (TPSA) is 18.5 Å². The molecule has 1 aromatic carbocycles. The van der Waals surface area contributed by atoms with Gasteiger partial charge in [0.2, 0.25) is 0 Å². The molecular formula is C17H28FN3. The molecule has 1 N–H and O–H groups in total. The van der Waals surface area contributed by atoms with E-state index < -0.39 is 0 Å². The van der Waals surface area contributed by atoms with E-state index >= 15 is 0 Å². The predicted octanol–water partition coefficient (Wildman–Crippen LogP) is 1.98. The minimum Gasteiger partial charge on any atom is -0.310 e. The number of likely N-dealkylation sites (N-methyl/N-ethyl adjacent to an activating group) is 1. The average molecular weight is 293 g/mol. The van der Waals surface area contributed by atoms with Crippen LogP contribution in [0.25, 0.3) is 0 Å². The molecule has 1 aliphatic rings. The van der Waals surface area contributed by atoms with Crippen molar-refractivity contribution in [3.63, 3.8) is 0 Å². The quantitative estimate of drug-likeness (QED) is 0.865. The molecule has 1 heterocycles. The Morgan fingerprint density at radius 2 is 1.67 bits per heavy atom. The Labute approximate surface area is 128 Å². The molecule has 118 valence electrons. The van der Waals surface area contributed by atoms with Crippen LogP contribution in [0.2, 0.25) is 0 Å². The van der Waals surface area contributed by atoms with E-state index in [0.29, 0.717) is 12.1 Å². The Morgan fingerprint density at radius 1 is 1.05 bits per heavy atom. The summed E-state index contributed by atoms with van der Waals surface area (Å²) >= 11 is 0. The van der Waals surface area contributed by atoms with Gasteiger partial charge in [-0.2, -0.15) is 0 Å². The van der Waals surface area contributed by atoms with E-state index in [0.717, 1.165) is 39.1 Å². The number of hydrogen-bond acceptors (Lipinski definition) is 3. The van der Waals surface area contributed by atoms with Gasteiger partial charge in [0.15, 0.2) is 0 Å². The summed E-state index contributed by atoms with van der Waals surface area (Å²) in [6.45, 7) is 10.2. The summed E-state index contributed by atoms with van der Waals surface area (Å²) in [5.41, 5.74) is 1.18. The fourth-order valence-corrected chi connectivity index (χ4v) is 2.99. The molecule has 1 saturated heterocycles. The lowest BCUT2D eigenvalue weighted by Gasteiger charge is -2.34. The van der Waals surface area contributed by atoms with Crippen LogP contribution in [0, 0.1) is 5.82 Å². The van der Waals surface area contributed by atoms with Crippen LogP contribution < -0.4 is 5.32 Å². The van der Waals surface area contributed by atoms with Gasteiger partial charge in [0.25, 0.3) is 0 Å². The Balaban J connectivity index is 1.71. The lowest BCUT2D eigenvalue weighted by atomic mass is 10.1. The van der Waals surface area contributed by atoms with Crippen LogP contribution in [0.1, 0.15) is 19.4 Å². The van der Waals surface area contributed by atoms with Gasteiger partial charge >= 0.3 is 0 Å². The van der Waals surface area contributed by atoms with Gasteiger partial charge in [-0.25, -0.2) is 4.39 Å². The van der Waals surface area contributed by atoms with Crippen LogP contribution in [0.3, 0.4) is 0 Å². The molecule has 0 aliphatic carbocycles. The Bertz CT molecular complexity index is 413. The van der Waals surface area contributed by atoms with Crippen molar-refractivity contribution in [2.45, 2.75) is 32.4 Å². The molecule has 21 heavy (non-hydrogen) atoms. The zero-order valence-corrected chi connectivity index (χ0v) is 13.5. The summed E-state index contributed by atoms with van der Waals surface area (Å²) in [6.07, 6.45) is 0.938. The zero-order chi connectivity index (χ0) is 15.2. The summed E-state index contributed by atoms with van der Waals surface area (Å²) in [7, 11) is 2.18. The molecule has 0 spiro atoms. The highest BCUT2D eigenvalue weighted by molar-refractivity contribution is 5.17. The molecule has 0 bridgehead atoms. The normalized spacial score (nSPS) is 20.4. The van der Waals surface area contributed by atoms with Crippen molar-refractivity contribution in [3.05, 3.63) is 35.6 Å². The van der Waals surface area contributed by atoms with E-state index in [2.05, 4.69) is 36.0 Å². The van der Waals surface area contributed by atoms with Crippen molar-refractivity contribution in [2.24, 2.45) is 0 Å². The highest BCUT2D eigenvalue weighted by Crippen LogP contribution is 2.07. The summed E-state index contributed by atoms with van der Waals surface area (Å²) in [5.74, 6) is -0.164. The van der Waals surface area contributed by atoms with E-state index in [4.69, 9.17) is 0 Å². The fraction of sp³-hybridized carbons (Fsp3) is 0.647. The molecule has 1 aliphatic heterocycles. The predicted molar refractivity (Wildman–Crippen MR) is 86.1 cm³/mol. The first-order chi connectivity index (χ1) is 10.0. The average Bonchev–Trinajstić information content (AvgIpc) is 2.44. The summed E-state index contributed by atoms with van der Waals surface area (Å²) < 4.78 is 12.9. The van der Waals surface area contributed by atoms with Crippen LogP contribution in [0.15, 0.2) is 24.3 Å². The molecule has 0 radical (unpaired) electrons. The van der Waals surface area contributed by atoms with Gasteiger partial charge in [-0.15, -0.1) is 0 Å². The Kier molecular flexibility index (Phi) is 6.15.